The Hall–Kier alpha value is -2.35. The van der Waals surface area contributed by atoms with Crippen molar-refractivity contribution in [1.82, 2.24) is 15.1 Å². The van der Waals surface area contributed by atoms with Gasteiger partial charge >= 0.3 is 0 Å². The van der Waals surface area contributed by atoms with Crippen molar-refractivity contribution in [2.45, 2.75) is 19.9 Å². The van der Waals surface area contributed by atoms with E-state index in [-0.39, 0.29) is 11.5 Å². The molecule has 8 heteroatoms. The van der Waals surface area contributed by atoms with Crippen LogP contribution < -0.4 is 10.5 Å². The van der Waals surface area contributed by atoms with Crippen LogP contribution in [-0.2, 0) is 6.54 Å². The third-order valence-corrected chi connectivity index (χ3v) is 4.50. The number of aromatic nitrogens is 2. The van der Waals surface area contributed by atoms with E-state index in [0.29, 0.717) is 32.7 Å². The quantitative estimate of drug-likeness (QED) is 0.919. The first-order valence-electron chi connectivity index (χ1n) is 8.04. The number of nitrogens with zero attached hydrogens (tertiary/aromatic N) is 3. The summed E-state index contributed by atoms with van der Waals surface area (Å²) < 4.78 is 39.5. The predicted molar refractivity (Wildman–Crippen MR) is 88.4 cm³/mol. The molecule has 3 rings (SSSR count). The number of H-pyrrole nitrogens is 1. The van der Waals surface area contributed by atoms with Crippen molar-refractivity contribution in [1.29, 1.82) is 0 Å². The van der Waals surface area contributed by atoms with Crippen molar-refractivity contribution in [3.8, 4) is 0 Å². The molecule has 0 aliphatic carbocycles. The second-order valence-electron chi connectivity index (χ2n) is 6.13. The lowest BCUT2D eigenvalue weighted by atomic mass is 10.1. The van der Waals surface area contributed by atoms with Gasteiger partial charge in [-0.3, -0.25) is 9.69 Å². The first-order chi connectivity index (χ1) is 12.0. The van der Waals surface area contributed by atoms with E-state index in [1.54, 1.807) is 11.0 Å². The fraction of sp³-hybridized carbons (Fsp3) is 0.412. The standard InChI is InChI=1S/C17H19F3N4O/c1-11-8-13(18)3-2-12(11)10-23-4-6-24(7-5-23)14-9-21-22-17(25)15(14)16(19)20/h2-3,8-9,16H,4-7,10H2,1H3,(H,22,25). The number of anilines is 1. The lowest BCUT2D eigenvalue weighted by molar-refractivity contribution is 0.149. The molecule has 1 aliphatic rings. The molecule has 1 fully saturated rings. The maximum atomic E-state index is 13.2. The Balaban J connectivity index is 1.68. The van der Waals surface area contributed by atoms with Gasteiger partial charge < -0.3 is 4.90 Å². The van der Waals surface area contributed by atoms with Gasteiger partial charge in [0.25, 0.3) is 12.0 Å². The van der Waals surface area contributed by atoms with Gasteiger partial charge in [0, 0.05) is 32.7 Å². The van der Waals surface area contributed by atoms with Crippen LogP contribution in [0.4, 0.5) is 18.9 Å². The summed E-state index contributed by atoms with van der Waals surface area (Å²) in [5.74, 6) is -0.257. The van der Waals surface area contributed by atoms with Gasteiger partial charge in [-0.05, 0) is 30.2 Å². The van der Waals surface area contributed by atoms with Crippen LogP contribution in [0.2, 0.25) is 0 Å². The molecule has 0 saturated carbocycles. The maximum absolute atomic E-state index is 13.2. The molecule has 0 unspecified atom stereocenters. The van der Waals surface area contributed by atoms with Crippen LogP contribution in [0.15, 0.2) is 29.2 Å². The average molecular weight is 352 g/mol. The summed E-state index contributed by atoms with van der Waals surface area (Å²) in [5, 5.41) is 5.71. The Morgan fingerprint density at radius 3 is 2.60 bits per heavy atom. The summed E-state index contributed by atoms with van der Waals surface area (Å²) >= 11 is 0. The first-order valence-corrected chi connectivity index (χ1v) is 8.04. The van der Waals surface area contributed by atoms with Gasteiger partial charge in [0.2, 0.25) is 0 Å². The molecule has 1 aromatic carbocycles. The largest absolute Gasteiger partial charge is 0.367 e. The Labute approximate surface area is 143 Å². The lowest BCUT2D eigenvalue weighted by Gasteiger charge is -2.36. The third-order valence-electron chi connectivity index (χ3n) is 4.50. The summed E-state index contributed by atoms with van der Waals surface area (Å²) in [5.41, 5.74) is 0.744. The van der Waals surface area contributed by atoms with Crippen LogP contribution in [0, 0.1) is 12.7 Å². The normalized spacial score (nSPS) is 15.8. The van der Waals surface area contributed by atoms with Gasteiger partial charge in [-0.25, -0.2) is 18.3 Å². The number of alkyl halides is 2. The average Bonchev–Trinajstić information content (AvgIpc) is 2.57. The molecule has 1 saturated heterocycles. The number of piperazine rings is 1. The van der Waals surface area contributed by atoms with Crippen molar-refractivity contribution in [2.75, 3.05) is 31.1 Å². The molecule has 1 aliphatic heterocycles. The molecule has 0 bridgehead atoms. The topological polar surface area (TPSA) is 52.2 Å². The summed E-state index contributed by atoms with van der Waals surface area (Å²) in [6.07, 6.45) is -1.57. The zero-order chi connectivity index (χ0) is 18.0. The smallest absolute Gasteiger partial charge is 0.275 e. The van der Waals surface area contributed by atoms with Crippen molar-refractivity contribution in [3.05, 3.63) is 57.3 Å². The zero-order valence-electron chi connectivity index (χ0n) is 13.8. The van der Waals surface area contributed by atoms with Crippen molar-refractivity contribution in [3.63, 3.8) is 0 Å². The number of aryl methyl sites for hydroxylation is 1. The van der Waals surface area contributed by atoms with E-state index in [1.165, 1.54) is 18.3 Å². The van der Waals surface area contributed by atoms with Gasteiger partial charge in [0.1, 0.15) is 11.4 Å². The van der Waals surface area contributed by atoms with E-state index >= 15 is 0 Å². The molecular weight excluding hydrogens is 333 g/mol. The minimum Gasteiger partial charge on any atom is -0.367 e. The van der Waals surface area contributed by atoms with E-state index in [4.69, 9.17) is 0 Å². The van der Waals surface area contributed by atoms with Crippen LogP contribution in [0.5, 0.6) is 0 Å². The Bertz CT molecular complexity index is 801. The van der Waals surface area contributed by atoms with Crippen molar-refractivity contribution >= 4 is 5.69 Å². The molecule has 2 aromatic rings. The number of aromatic amines is 1. The maximum Gasteiger partial charge on any atom is 0.275 e. The predicted octanol–water partition coefficient (Wildman–Crippen LogP) is 2.48. The highest BCUT2D eigenvalue weighted by Gasteiger charge is 2.25. The molecule has 0 radical (unpaired) electrons. The third kappa shape index (κ3) is 3.84. The van der Waals surface area contributed by atoms with Gasteiger partial charge in [-0.1, -0.05) is 6.07 Å². The SMILES string of the molecule is Cc1cc(F)ccc1CN1CCN(c2cn[nH]c(=O)c2C(F)F)CC1. The molecule has 5 nitrogen and oxygen atoms in total. The molecule has 25 heavy (non-hydrogen) atoms. The zero-order valence-corrected chi connectivity index (χ0v) is 13.8. The number of hydrogen-bond donors (Lipinski definition) is 1. The number of nitrogens with one attached hydrogen (secondary N) is 1. The fourth-order valence-electron chi connectivity index (χ4n) is 3.09. The lowest BCUT2D eigenvalue weighted by Crippen LogP contribution is -2.46. The Morgan fingerprint density at radius 1 is 1.24 bits per heavy atom. The minimum absolute atomic E-state index is 0.191. The van der Waals surface area contributed by atoms with Gasteiger partial charge in [0.15, 0.2) is 0 Å². The molecule has 0 spiro atoms. The molecule has 2 heterocycles. The number of benzene rings is 1. The molecule has 0 atom stereocenters. The van der Waals surface area contributed by atoms with Crippen molar-refractivity contribution < 1.29 is 13.2 Å². The molecule has 1 N–H and O–H groups in total. The highest BCUT2D eigenvalue weighted by atomic mass is 19.3. The molecular formula is C17H19F3N4O. The highest BCUT2D eigenvalue weighted by molar-refractivity contribution is 5.51. The molecule has 0 amide bonds. The number of hydrogen-bond acceptors (Lipinski definition) is 4. The van der Waals surface area contributed by atoms with E-state index in [2.05, 4.69) is 15.1 Å². The van der Waals surface area contributed by atoms with E-state index < -0.39 is 17.5 Å². The van der Waals surface area contributed by atoms with Gasteiger partial charge in [-0.2, -0.15) is 5.10 Å². The summed E-state index contributed by atoms with van der Waals surface area (Å²) in [7, 11) is 0. The first kappa shape index (κ1) is 17.5. The number of halogens is 3. The fourth-order valence-corrected chi connectivity index (χ4v) is 3.09. The van der Waals surface area contributed by atoms with E-state index in [9.17, 15) is 18.0 Å². The van der Waals surface area contributed by atoms with Crippen LogP contribution in [0.3, 0.4) is 0 Å². The van der Waals surface area contributed by atoms with Gasteiger partial charge in [0.05, 0.1) is 11.9 Å². The molecule has 134 valence electrons. The monoisotopic (exact) mass is 352 g/mol. The Kier molecular flexibility index (Phi) is 5.08. The Morgan fingerprint density at radius 2 is 1.96 bits per heavy atom. The van der Waals surface area contributed by atoms with Crippen molar-refractivity contribution in [2.24, 2.45) is 0 Å². The summed E-state index contributed by atoms with van der Waals surface area (Å²) in [6, 6.07) is 4.71. The second kappa shape index (κ2) is 7.26. The minimum atomic E-state index is -2.85. The highest BCUT2D eigenvalue weighted by Crippen LogP contribution is 2.26. The summed E-state index contributed by atoms with van der Waals surface area (Å²) in [6.45, 7) is 4.90. The second-order valence-corrected chi connectivity index (χ2v) is 6.13. The van der Waals surface area contributed by atoms with Crippen LogP contribution in [0.25, 0.3) is 0 Å². The number of rotatable bonds is 4. The molecule has 1 aromatic heterocycles. The summed E-state index contributed by atoms with van der Waals surface area (Å²) in [4.78, 5) is 15.6. The van der Waals surface area contributed by atoms with E-state index in [0.717, 1.165) is 11.1 Å². The van der Waals surface area contributed by atoms with Crippen LogP contribution in [0.1, 0.15) is 23.1 Å². The van der Waals surface area contributed by atoms with Gasteiger partial charge in [-0.15, -0.1) is 0 Å². The van der Waals surface area contributed by atoms with Crippen LogP contribution in [-0.4, -0.2) is 41.3 Å². The van der Waals surface area contributed by atoms with Crippen LogP contribution >= 0.6 is 0 Å². The van der Waals surface area contributed by atoms with E-state index in [1.807, 2.05) is 6.92 Å².